The maximum absolute atomic E-state index is 5.41. The van der Waals surface area contributed by atoms with Gasteiger partial charge in [-0.3, -0.25) is 4.90 Å². The Hall–Kier alpha value is -0.900. The Morgan fingerprint density at radius 1 is 1.37 bits per heavy atom. The van der Waals surface area contributed by atoms with E-state index in [-0.39, 0.29) is 0 Å². The van der Waals surface area contributed by atoms with Gasteiger partial charge in [-0.05, 0) is 30.5 Å². The van der Waals surface area contributed by atoms with Crippen molar-refractivity contribution in [3.05, 3.63) is 35.4 Å². The van der Waals surface area contributed by atoms with Crippen LogP contribution in [0.1, 0.15) is 30.4 Å². The second-order valence-electron chi connectivity index (χ2n) is 5.58. The van der Waals surface area contributed by atoms with Crippen LogP contribution in [0.2, 0.25) is 0 Å². The quantitative estimate of drug-likeness (QED) is 0.851. The first-order valence-electron chi connectivity index (χ1n) is 7.21. The van der Waals surface area contributed by atoms with E-state index in [1.165, 1.54) is 11.1 Å². The van der Waals surface area contributed by atoms with Crippen LogP contribution in [0.15, 0.2) is 24.3 Å². The minimum Gasteiger partial charge on any atom is -0.380 e. The van der Waals surface area contributed by atoms with Gasteiger partial charge in [0.25, 0.3) is 0 Å². The summed E-state index contributed by atoms with van der Waals surface area (Å²) in [5.41, 5.74) is 2.81. The molecule has 0 radical (unpaired) electrons. The fourth-order valence-electron chi connectivity index (χ4n) is 2.77. The number of nitrogens with zero attached hydrogens (tertiary/aromatic N) is 1. The Labute approximate surface area is 116 Å². The van der Waals surface area contributed by atoms with Gasteiger partial charge in [0, 0.05) is 33.3 Å². The van der Waals surface area contributed by atoms with Crippen molar-refractivity contribution in [3.63, 3.8) is 0 Å². The molecule has 0 aliphatic carbocycles. The molecule has 0 amide bonds. The normalized spacial score (nSPS) is 21.7. The van der Waals surface area contributed by atoms with Gasteiger partial charge in [0.05, 0.1) is 6.10 Å². The highest BCUT2D eigenvalue weighted by Gasteiger charge is 2.21. The van der Waals surface area contributed by atoms with E-state index in [1.54, 1.807) is 0 Å². The number of ether oxygens (including phenoxy) is 1. The minimum absolute atomic E-state index is 0.426. The third-order valence-electron chi connectivity index (χ3n) is 4.03. The van der Waals surface area contributed by atoms with Crippen molar-refractivity contribution >= 4 is 0 Å². The SMILES string of the molecule is CNCC(C)c1ccc(CN2CCC(OC)C2)cc1. The Bertz CT molecular complexity index is 377. The van der Waals surface area contributed by atoms with Gasteiger partial charge < -0.3 is 10.1 Å². The highest BCUT2D eigenvalue weighted by atomic mass is 16.5. The Morgan fingerprint density at radius 2 is 2.11 bits per heavy atom. The number of likely N-dealkylation sites (tertiary alicyclic amines) is 1. The molecule has 0 spiro atoms. The van der Waals surface area contributed by atoms with E-state index >= 15 is 0 Å². The molecular weight excluding hydrogens is 236 g/mol. The number of benzene rings is 1. The van der Waals surface area contributed by atoms with E-state index in [0.717, 1.165) is 32.6 Å². The molecule has 0 bridgehead atoms. The number of hydrogen-bond donors (Lipinski definition) is 1. The van der Waals surface area contributed by atoms with Gasteiger partial charge in [-0.1, -0.05) is 31.2 Å². The van der Waals surface area contributed by atoms with E-state index in [9.17, 15) is 0 Å². The molecule has 3 heteroatoms. The highest BCUT2D eigenvalue weighted by molar-refractivity contribution is 5.25. The summed E-state index contributed by atoms with van der Waals surface area (Å²) in [5.74, 6) is 0.573. The van der Waals surface area contributed by atoms with E-state index in [1.807, 2.05) is 14.2 Å². The third kappa shape index (κ3) is 4.03. The second-order valence-corrected chi connectivity index (χ2v) is 5.58. The van der Waals surface area contributed by atoms with Crippen molar-refractivity contribution in [2.45, 2.75) is 31.9 Å². The van der Waals surface area contributed by atoms with Gasteiger partial charge in [0.2, 0.25) is 0 Å². The maximum Gasteiger partial charge on any atom is 0.0710 e. The molecule has 1 heterocycles. The summed E-state index contributed by atoms with van der Waals surface area (Å²) in [6.45, 7) is 6.54. The van der Waals surface area contributed by atoms with E-state index in [4.69, 9.17) is 4.74 Å². The highest BCUT2D eigenvalue weighted by Crippen LogP contribution is 2.18. The molecule has 1 aromatic carbocycles. The Morgan fingerprint density at radius 3 is 2.68 bits per heavy atom. The van der Waals surface area contributed by atoms with Crippen LogP contribution in [0.25, 0.3) is 0 Å². The van der Waals surface area contributed by atoms with E-state index in [0.29, 0.717) is 12.0 Å². The molecule has 2 rings (SSSR count). The lowest BCUT2D eigenvalue weighted by molar-refractivity contribution is 0.107. The zero-order valence-electron chi connectivity index (χ0n) is 12.4. The monoisotopic (exact) mass is 262 g/mol. The van der Waals surface area contributed by atoms with Gasteiger partial charge in [-0.25, -0.2) is 0 Å². The summed E-state index contributed by atoms with van der Waals surface area (Å²) in [6, 6.07) is 9.06. The molecule has 3 nitrogen and oxygen atoms in total. The maximum atomic E-state index is 5.41. The van der Waals surface area contributed by atoms with Crippen LogP contribution in [0, 0.1) is 0 Å². The third-order valence-corrected chi connectivity index (χ3v) is 4.03. The first-order valence-corrected chi connectivity index (χ1v) is 7.21. The van der Waals surface area contributed by atoms with E-state index in [2.05, 4.69) is 41.4 Å². The number of nitrogens with one attached hydrogen (secondary N) is 1. The lowest BCUT2D eigenvalue weighted by Gasteiger charge is -2.17. The molecule has 106 valence electrons. The Kier molecular flexibility index (Phi) is 5.37. The average molecular weight is 262 g/mol. The van der Waals surface area contributed by atoms with Gasteiger partial charge in [0.15, 0.2) is 0 Å². The summed E-state index contributed by atoms with van der Waals surface area (Å²) < 4.78 is 5.41. The van der Waals surface area contributed by atoms with Crippen LogP contribution >= 0.6 is 0 Å². The fraction of sp³-hybridized carbons (Fsp3) is 0.625. The van der Waals surface area contributed by atoms with Crippen LogP contribution in [-0.2, 0) is 11.3 Å². The van der Waals surface area contributed by atoms with Crippen LogP contribution < -0.4 is 5.32 Å². The van der Waals surface area contributed by atoms with Crippen LogP contribution in [0.4, 0.5) is 0 Å². The van der Waals surface area contributed by atoms with Crippen LogP contribution in [0.5, 0.6) is 0 Å². The van der Waals surface area contributed by atoms with Gasteiger partial charge in [-0.15, -0.1) is 0 Å². The Balaban J connectivity index is 1.88. The van der Waals surface area contributed by atoms with Gasteiger partial charge in [0.1, 0.15) is 0 Å². The van der Waals surface area contributed by atoms with Crippen molar-refractivity contribution < 1.29 is 4.74 Å². The molecule has 2 unspecified atom stereocenters. The summed E-state index contributed by atoms with van der Waals surface area (Å²) >= 11 is 0. The molecule has 19 heavy (non-hydrogen) atoms. The number of likely N-dealkylation sites (N-methyl/N-ethyl adjacent to an activating group) is 1. The molecule has 1 fully saturated rings. The molecule has 2 atom stereocenters. The molecule has 0 aromatic heterocycles. The predicted molar refractivity (Wildman–Crippen MR) is 79.5 cm³/mol. The standard InChI is InChI=1S/C16H26N2O/c1-13(10-17-2)15-6-4-14(5-7-15)11-18-9-8-16(12-18)19-3/h4-7,13,16-17H,8-12H2,1-3H3. The van der Waals surface area contributed by atoms with Crippen molar-refractivity contribution in [3.8, 4) is 0 Å². The minimum atomic E-state index is 0.426. The average Bonchev–Trinajstić information content (AvgIpc) is 2.87. The van der Waals surface area contributed by atoms with Crippen molar-refractivity contribution in [2.24, 2.45) is 0 Å². The topological polar surface area (TPSA) is 24.5 Å². The molecule has 1 aliphatic rings. The molecule has 1 N–H and O–H groups in total. The van der Waals surface area contributed by atoms with Crippen LogP contribution in [0.3, 0.4) is 0 Å². The molecular formula is C16H26N2O. The van der Waals surface area contributed by atoms with Crippen LogP contribution in [-0.4, -0.2) is 44.8 Å². The van der Waals surface area contributed by atoms with Crippen molar-refractivity contribution in [1.29, 1.82) is 0 Å². The molecule has 1 aromatic rings. The molecule has 0 saturated carbocycles. The largest absolute Gasteiger partial charge is 0.380 e. The summed E-state index contributed by atoms with van der Waals surface area (Å²) in [6.07, 6.45) is 1.59. The van der Waals surface area contributed by atoms with Crippen molar-refractivity contribution in [1.82, 2.24) is 10.2 Å². The zero-order valence-corrected chi connectivity index (χ0v) is 12.4. The summed E-state index contributed by atoms with van der Waals surface area (Å²) in [7, 11) is 3.82. The lowest BCUT2D eigenvalue weighted by atomic mass is 10.00. The smallest absolute Gasteiger partial charge is 0.0710 e. The fourth-order valence-corrected chi connectivity index (χ4v) is 2.77. The second kappa shape index (κ2) is 7.04. The van der Waals surface area contributed by atoms with Gasteiger partial charge in [-0.2, -0.15) is 0 Å². The van der Waals surface area contributed by atoms with Crippen molar-refractivity contribution in [2.75, 3.05) is 33.8 Å². The lowest BCUT2D eigenvalue weighted by Crippen LogP contribution is -2.22. The first-order chi connectivity index (χ1) is 9.22. The molecule has 1 aliphatic heterocycles. The number of methoxy groups -OCH3 is 1. The summed E-state index contributed by atoms with van der Waals surface area (Å²) in [5, 5.41) is 3.23. The van der Waals surface area contributed by atoms with E-state index < -0.39 is 0 Å². The molecule has 1 saturated heterocycles. The first kappa shape index (κ1) is 14.5. The number of hydrogen-bond acceptors (Lipinski definition) is 3. The zero-order chi connectivity index (χ0) is 13.7. The summed E-state index contributed by atoms with van der Waals surface area (Å²) in [4.78, 5) is 2.47. The van der Waals surface area contributed by atoms with Gasteiger partial charge >= 0.3 is 0 Å². The number of rotatable bonds is 6. The predicted octanol–water partition coefficient (Wildman–Crippen LogP) is 2.23.